The number of benzene rings is 2. The van der Waals surface area contributed by atoms with Crippen LogP contribution in [-0.4, -0.2) is 49.8 Å². The molecule has 0 spiro atoms. The largest absolute Gasteiger partial charge is 0.495 e. The molecule has 2 aromatic carbocycles. The summed E-state index contributed by atoms with van der Waals surface area (Å²) in [6.07, 6.45) is 2.76. The summed E-state index contributed by atoms with van der Waals surface area (Å²) in [4.78, 5) is 16.2. The molecule has 1 fully saturated rings. The number of hydrogen-bond acceptors (Lipinski definition) is 6. The molecule has 1 saturated heterocycles. The molecular weight excluding hydrogens is 362 g/mol. The fourth-order valence-electron chi connectivity index (χ4n) is 4.30. The Morgan fingerprint density at radius 2 is 1.45 bits per heavy atom. The number of aromatic nitrogens is 2. The van der Waals surface area contributed by atoms with Crippen molar-refractivity contribution < 1.29 is 4.74 Å². The van der Waals surface area contributed by atoms with Crippen LogP contribution in [0.3, 0.4) is 0 Å². The van der Waals surface area contributed by atoms with E-state index in [1.54, 1.807) is 13.4 Å². The van der Waals surface area contributed by atoms with Crippen LogP contribution in [0, 0.1) is 0 Å². The highest BCUT2D eigenvalue weighted by molar-refractivity contribution is 5.69. The average Bonchev–Trinajstić information content (AvgIpc) is 3.23. The zero-order valence-corrected chi connectivity index (χ0v) is 16.7. The number of rotatable bonds is 4. The van der Waals surface area contributed by atoms with Gasteiger partial charge < -0.3 is 19.4 Å². The molecule has 0 unspecified atom stereocenters. The zero-order valence-electron chi connectivity index (χ0n) is 16.7. The fourth-order valence-corrected chi connectivity index (χ4v) is 4.30. The molecule has 0 atom stereocenters. The third-order valence-electron chi connectivity index (χ3n) is 5.83. The first-order valence-corrected chi connectivity index (χ1v) is 10.1. The van der Waals surface area contributed by atoms with E-state index in [0.717, 1.165) is 62.2 Å². The summed E-state index contributed by atoms with van der Waals surface area (Å²) < 4.78 is 5.53. The minimum Gasteiger partial charge on any atom is -0.495 e. The molecule has 2 aliphatic rings. The lowest BCUT2D eigenvalue weighted by molar-refractivity contribution is 0.413. The monoisotopic (exact) mass is 387 g/mol. The Kier molecular flexibility index (Phi) is 4.68. The maximum absolute atomic E-state index is 5.53. The van der Waals surface area contributed by atoms with Crippen LogP contribution >= 0.6 is 0 Å². The number of nitrogens with zero attached hydrogens (tertiary/aromatic N) is 5. The quantitative estimate of drug-likeness (QED) is 0.683. The summed E-state index contributed by atoms with van der Waals surface area (Å²) in [6.45, 7) is 4.69. The molecule has 148 valence electrons. The van der Waals surface area contributed by atoms with Crippen LogP contribution in [-0.2, 0) is 6.42 Å². The summed E-state index contributed by atoms with van der Waals surface area (Å²) in [5.74, 6) is 2.91. The lowest BCUT2D eigenvalue weighted by Crippen LogP contribution is -2.47. The maximum Gasteiger partial charge on any atom is 0.142 e. The molecule has 0 aliphatic carbocycles. The summed E-state index contributed by atoms with van der Waals surface area (Å²) in [5.41, 5.74) is 3.81. The van der Waals surface area contributed by atoms with Crippen molar-refractivity contribution in [2.45, 2.75) is 6.42 Å². The van der Waals surface area contributed by atoms with Crippen molar-refractivity contribution in [2.75, 3.05) is 54.5 Å². The minimum absolute atomic E-state index is 0.922. The predicted octanol–water partition coefficient (Wildman–Crippen LogP) is 3.51. The Morgan fingerprint density at radius 1 is 0.759 bits per heavy atom. The third kappa shape index (κ3) is 3.35. The lowest BCUT2D eigenvalue weighted by atomic mass is 10.2. The van der Waals surface area contributed by atoms with E-state index in [4.69, 9.17) is 4.74 Å². The summed E-state index contributed by atoms with van der Waals surface area (Å²) in [5, 5.41) is 0. The smallest absolute Gasteiger partial charge is 0.142 e. The van der Waals surface area contributed by atoms with E-state index < -0.39 is 0 Å². The van der Waals surface area contributed by atoms with Gasteiger partial charge in [0.1, 0.15) is 23.7 Å². The highest BCUT2D eigenvalue weighted by Gasteiger charge is 2.24. The SMILES string of the molecule is COc1ccccc1N1CCN(c2cc(N3CCc4ccccc43)ncn2)CC1. The topological polar surface area (TPSA) is 44.7 Å². The van der Waals surface area contributed by atoms with E-state index >= 15 is 0 Å². The number of para-hydroxylation sites is 3. The average molecular weight is 387 g/mol. The Bertz CT molecular complexity index is 1000. The Hall–Kier alpha value is -3.28. The summed E-state index contributed by atoms with van der Waals surface area (Å²) in [7, 11) is 1.73. The van der Waals surface area contributed by atoms with Crippen molar-refractivity contribution in [2.24, 2.45) is 0 Å². The highest BCUT2D eigenvalue weighted by Crippen LogP contribution is 2.34. The van der Waals surface area contributed by atoms with Crippen molar-refractivity contribution in [1.82, 2.24) is 9.97 Å². The molecule has 1 aromatic heterocycles. The van der Waals surface area contributed by atoms with Gasteiger partial charge in [-0.1, -0.05) is 30.3 Å². The van der Waals surface area contributed by atoms with Crippen molar-refractivity contribution in [1.29, 1.82) is 0 Å². The van der Waals surface area contributed by atoms with Crippen LogP contribution in [0.5, 0.6) is 5.75 Å². The lowest BCUT2D eigenvalue weighted by Gasteiger charge is -2.37. The first-order valence-electron chi connectivity index (χ1n) is 10.1. The van der Waals surface area contributed by atoms with Crippen LogP contribution in [0.1, 0.15) is 5.56 Å². The van der Waals surface area contributed by atoms with Gasteiger partial charge in [-0.25, -0.2) is 9.97 Å². The zero-order chi connectivity index (χ0) is 19.6. The van der Waals surface area contributed by atoms with Gasteiger partial charge in [0.25, 0.3) is 0 Å². The molecule has 0 radical (unpaired) electrons. The van der Waals surface area contributed by atoms with Gasteiger partial charge in [0, 0.05) is 44.5 Å². The molecule has 29 heavy (non-hydrogen) atoms. The Balaban J connectivity index is 1.32. The maximum atomic E-state index is 5.53. The van der Waals surface area contributed by atoms with Crippen LogP contribution in [0.4, 0.5) is 23.0 Å². The first-order chi connectivity index (χ1) is 14.3. The molecule has 6 nitrogen and oxygen atoms in total. The first kappa shape index (κ1) is 17.8. The van der Waals surface area contributed by atoms with Crippen LogP contribution < -0.4 is 19.4 Å². The van der Waals surface area contributed by atoms with Crippen molar-refractivity contribution >= 4 is 23.0 Å². The fraction of sp³-hybridized carbons (Fsp3) is 0.304. The van der Waals surface area contributed by atoms with E-state index in [0.29, 0.717) is 0 Å². The normalized spacial score (nSPS) is 16.1. The van der Waals surface area contributed by atoms with Gasteiger partial charge in [0.05, 0.1) is 12.8 Å². The van der Waals surface area contributed by atoms with Gasteiger partial charge in [-0.2, -0.15) is 0 Å². The number of methoxy groups -OCH3 is 1. The molecule has 0 saturated carbocycles. The second kappa shape index (κ2) is 7.62. The predicted molar refractivity (Wildman–Crippen MR) is 117 cm³/mol. The van der Waals surface area contributed by atoms with E-state index in [-0.39, 0.29) is 0 Å². The van der Waals surface area contributed by atoms with Gasteiger partial charge in [-0.05, 0) is 30.2 Å². The molecule has 6 heteroatoms. The number of hydrogen-bond donors (Lipinski definition) is 0. The summed E-state index contributed by atoms with van der Waals surface area (Å²) >= 11 is 0. The van der Waals surface area contributed by atoms with Gasteiger partial charge in [-0.15, -0.1) is 0 Å². The molecule has 2 aliphatic heterocycles. The van der Waals surface area contributed by atoms with E-state index in [1.165, 1.54) is 11.3 Å². The van der Waals surface area contributed by atoms with Crippen LogP contribution in [0.15, 0.2) is 60.9 Å². The molecule has 0 amide bonds. The van der Waals surface area contributed by atoms with E-state index in [2.05, 4.69) is 67.1 Å². The summed E-state index contributed by atoms with van der Waals surface area (Å²) in [6, 6.07) is 18.9. The van der Waals surface area contributed by atoms with Crippen molar-refractivity contribution in [3.05, 3.63) is 66.5 Å². The second-order valence-electron chi connectivity index (χ2n) is 7.41. The molecule has 0 bridgehead atoms. The third-order valence-corrected chi connectivity index (χ3v) is 5.83. The van der Waals surface area contributed by atoms with Gasteiger partial charge in [-0.3, -0.25) is 0 Å². The van der Waals surface area contributed by atoms with Gasteiger partial charge in [0.2, 0.25) is 0 Å². The Labute approximate surface area is 171 Å². The molecule has 5 rings (SSSR count). The van der Waals surface area contributed by atoms with Gasteiger partial charge in [0.15, 0.2) is 0 Å². The number of piperazine rings is 1. The number of anilines is 4. The molecular formula is C23H25N5O. The highest BCUT2D eigenvalue weighted by atomic mass is 16.5. The van der Waals surface area contributed by atoms with Crippen molar-refractivity contribution in [3.8, 4) is 5.75 Å². The number of ether oxygens (including phenoxy) is 1. The number of fused-ring (bicyclic) bond motifs is 1. The molecule has 3 heterocycles. The minimum atomic E-state index is 0.922. The van der Waals surface area contributed by atoms with Gasteiger partial charge >= 0.3 is 0 Å². The van der Waals surface area contributed by atoms with E-state index in [9.17, 15) is 0 Å². The molecule has 0 N–H and O–H groups in total. The standard InChI is InChI=1S/C23H25N5O/c1-29-21-9-5-4-8-20(21)26-12-14-27(15-13-26)22-16-23(25-17-24-22)28-11-10-18-6-2-3-7-19(18)28/h2-9,16-17H,10-15H2,1H3. The Morgan fingerprint density at radius 3 is 2.28 bits per heavy atom. The van der Waals surface area contributed by atoms with Crippen molar-refractivity contribution in [3.63, 3.8) is 0 Å². The van der Waals surface area contributed by atoms with Crippen LogP contribution in [0.2, 0.25) is 0 Å². The van der Waals surface area contributed by atoms with Crippen LogP contribution in [0.25, 0.3) is 0 Å². The second-order valence-corrected chi connectivity index (χ2v) is 7.41. The molecule has 3 aromatic rings. The van der Waals surface area contributed by atoms with E-state index in [1.807, 2.05) is 12.1 Å².